The Morgan fingerprint density at radius 3 is 2.39 bits per heavy atom. The van der Waals surface area contributed by atoms with E-state index in [9.17, 15) is 14.4 Å². The van der Waals surface area contributed by atoms with Crippen molar-refractivity contribution in [2.24, 2.45) is 12.0 Å². The van der Waals surface area contributed by atoms with Crippen LogP contribution in [0.3, 0.4) is 0 Å². The molecule has 0 saturated heterocycles. The Bertz CT molecular complexity index is 2130. The fourth-order valence-corrected chi connectivity index (χ4v) is 6.71. The molecule has 0 radical (unpaired) electrons. The maximum absolute atomic E-state index is 13.6. The Hall–Kier alpha value is -5.96. The van der Waals surface area contributed by atoms with E-state index in [1.165, 1.54) is 18.2 Å². The number of ether oxygens (including phenoxy) is 2. The first-order chi connectivity index (χ1) is 24.7. The van der Waals surface area contributed by atoms with Crippen molar-refractivity contribution in [3.8, 4) is 22.6 Å². The summed E-state index contributed by atoms with van der Waals surface area (Å²) < 4.78 is 13.4. The molecule has 0 unspecified atom stereocenters. The molecule has 9 heteroatoms. The number of aliphatic imine (C=N–C) groups is 1. The molecule has 5 aromatic rings. The van der Waals surface area contributed by atoms with Crippen LogP contribution in [0.25, 0.3) is 11.1 Å². The van der Waals surface area contributed by atoms with Crippen molar-refractivity contribution in [3.05, 3.63) is 131 Å². The van der Waals surface area contributed by atoms with Gasteiger partial charge in [0.15, 0.2) is 17.3 Å². The molecule has 0 fully saturated rings. The van der Waals surface area contributed by atoms with E-state index in [-0.39, 0.29) is 43.1 Å². The molecular formula is C42H40N4O5. The van der Waals surface area contributed by atoms with Gasteiger partial charge in [-0.3, -0.25) is 19.4 Å². The number of anilines is 1. The van der Waals surface area contributed by atoms with Crippen molar-refractivity contribution in [1.29, 1.82) is 0 Å². The van der Waals surface area contributed by atoms with Crippen molar-refractivity contribution in [2.75, 3.05) is 19.0 Å². The molecule has 2 amide bonds. The number of carbonyl (C=O) groups is 3. The number of aryl methyl sites for hydroxylation is 2. The van der Waals surface area contributed by atoms with Crippen molar-refractivity contribution >= 4 is 35.2 Å². The quantitative estimate of drug-likeness (QED) is 0.115. The summed E-state index contributed by atoms with van der Waals surface area (Å²) in [5.74, 6) is 0.580. The number of hydrogen-bond acceptors (Lipinski definition) is 6. The number of fused-ring (bicyclic) bond motifs is 3. The standard InChI is InChI=1S/C42H40N4O5/c1-27-10-14-29(15-11-27)30-16-12-28(13-17-30)19-38(47)37-21-33(26-45(37)2)44-41(48)9-6-18-51-40-23-36-35(22-39(40)50-3)42(49)46-25-32-8-5-4-7-31(32)20-34(46)24-43-36/h4-5,7-8,10-17,21-24,26,34H,6,9,18-20,25H2,1-3H3,(H,44,48)/t34-/m0/s1. The summed E-state index contributed by atoms with van der Waals surface area (Å²) >= 11 is 0. The van der Waals surface area contributed by atoms with Crippen LogP contribution in [0.2, 0.25) is 0 Å². The molecule has 2 aliphatic heterocycles. The number of Topliss-reactive ketones (excluding diaryl/α,β-unsaturated/α-hetero) is 1. The van der Waals surface area contributed by atoms with Gasteiger partial charge in [0.1, 0.15) is 0 Å². The highest BCUT2D eigenvalue weighted by molar-refractivity contribution is 6.03. The Morgan fingerprint density at radius 2 is 1.65 bits per heavy atom. The lowest BCUT2D eigenvalue weighted by molar-refractivity contribution is -0.116. The van der Waals surface area contributed by atoms with Crippen molar-refractivity contribution in [3.63, 3.8) is 0 Å². The first kappa shape index (κ1) is 33.5. The lowest BCUT2D eigenvalue weighted by atomic mass is 9.94. The Kier molecular flexibility index (Phi) is 9.53. The molecule has 4 aromatic carbocycles. The van der Waals surface area contributed by atoms with Crippen LogP contribution in [-0.2, 0) is 31.2 Å². The highest BCUT2D eigenvalue weighted by Gasteiger charge is 2.33. The zero-order valence-corrected chi connectivity index (χ0v) is 29.0. The van der Waals surface area contributed by atoms with Gasteiger partial charge in [-0.05, 0) is 59.7 Å². The third-order valence-electron chi connectivity index (χ3n) is 9.53. The summed E-state index contributed by atoms with van der Waals surface area (Å²) in [7, 11) is 3.33. The van der Waals surface area contributed by atoms with Gasteiger partial charge in [0.05, 0.1) is 42.4 Å². The third-order valence-corrected chi connectivity index (χ3v) is 9.53. The van der Waals surface area contributed by atoms with Crippen LogP contribution in [0.15, 0.2) is 102 Å². The van der Waals surface area contributed by atoms with Crippen molar-refractivity contribution < 1.29 is 23.9 Å². The topological polar surface area (TPSA) is 102 Å². The van der Waals surface area contributed by atoms with Gasteiger partial charge in [0.2, 0.25) is 5.91 Å². The van der Waals surface area contributed by atoms with Gasteiger partial charge in [-0.15, -0.1) is 0 Å². The maximum Gasteiger partial charge on any atom is 0.257 e. The number of nitrogens with one attached hydrogen (secondary N) is 1. The lowest BCUT2D eigenvalue weighted by Crippen LogP contribution is -2.44. The summed E-state index contributed by atoms with van der Waals surface area (Å²) in [4.78, 5) is 46.2. The zero-order valence-electron chi connectivity index (χ0n) is 29.0. The van der Waals surface area contributed by atoms with E-state index in [4.69, 9.17) is 9.47 Å². The molecule has 1 N–H and O–H groups in total. The molecule has 1 atom stereocenters. The van der Waals surface area contributed by atoms with Gasteiger partial charge in [-0.2, -0.15) is 0 Å². The minimum absolute atomic E-state index is 0.0312. The average molecular weight is 681 g/mol. The SMILES string of the molecule is COc1cc2c(cc1OCCCC(=O)Nc1cc(C(=O)Cc3ccc(-c4ccc(C)cc4)cc3)n(C)c1)N=C[C@@H]1Cc3ccccc3CN1C2=O. The van der Waals surface area contributed by atoms with Crippen LogP contribution in [0.4, 0.5) is 11.4 Å². The second kappa shape index (κ2) is 14.5. The molecule has 9 nitrogen and oxygen atoms in total. The van der Waals surface area contributed by atoms with Gasteiger partial charge in [0.25, 0.3) is 5.91 Å². The summed E-state index contributed by atoms with van der Waals surface area (Å²) in [6.45, 7) is 2.85. The van der Waals surface area contributed by atoms with Crippen LogP contribution in [-0.4, -0.2) is 53.0 Å². The molecule has 2 aliphatic rings. The number of carbonyl (C=O) groups excluding carboxylic acids is 3. The first-order valence-electron chi connectivity index (χ1n) is 17.2. The Morgan fingerprint density at radius 1 is 0.922 bits per heavy atom. The van der Waals surface area contributed by atoms with Gasteiger partial charge < -0.3 is 24.3 Å². The first-order valence-corrected chi connectivity index (χ1v) is 17.2. The van der Waals surface area contributed by atoms with E-state index >= 15 is 0 Å². The predicted molar refractivity (Wildman–Crippen MR) is 198 cm³/mol. The van der Waals surface area contributed by atoms with E-state index in [0.29, 0.717) is 53.5 Å². The van der Waals surface area contributed by atoms with Crippen molar-refractivity contribution in [1.82, 2.24) is 9.47 Å². The third kappa shape index (κ3) is 7.33. The lowest BCUT2D eigenvalue weighted by Gasteiger charge is -2.34. The molecular weight excluding hydrogens is 640 g/mol. The predicted octanol–water partition coefficient (Wildman–Crippen LogP) is 7.52. The van der Waals surface area contributed by atoms with Crippen LogP contribution in [0.5, 0.6) is 11.5 Å². The number of methoxy groups -OCH3 is 1. The van der Waals surface area contributed by atoms with E-state index in [1.54, 1.807) is 36.0 Å². The van der Waals surface area contributed by atoms with E-state index < -0.39 is 0 Å². The molecule has 3 heterocycles. The fourth-order valence-electron chi connectivity index (χ4n) is 6.71. The molecule has 0 bridgehead atoms. The molecule has 7 rings (SSSR count). The summed E-state index contributed by atoms with van der Waals surface area (Å²) in [5.41, 5.74) is 8.83. The number of hydrogen-bond donors (Lipinski definition) is 1. The number of amides is 2. The van der Waals surface area contributed by atoms with Gasteiger partial charge in [-0.25, -0.2) is 0 Å². The van der Waals surface area contributed by atoms with Gasteiger partial charge in [0, 0.05) is 44.9 Å². The Balaban J connectivity index is 0.920. The molecule has 0 aliphatic carbocycles. The Labute approximate surface area is 297 Å². The number of rotatable bonds is 11. The monoisotopic (exact) mass is 680 g/mol. The summed E-state index contributed by atoms with van der Waals surface area (Å²) in [5, 5.41) is 2.90. The number of aromatic nitrogens is 1. The van der Waals surface area contributed by atoms with Crippen LogP contribution >= 0.6 is 0 Å². The largest absolute Gasteiger partial charge is 0.493 e. The zero-order chi connectivity index (χ0) is 35.5. The second-order valence-electron chi connectivity index (χ2n) is 13.2. The molecule has 1 aromatic heterocycles. The van der Waals surface area contributed by atoms with Crippen LogP contribution < -0.4 is 14.8 Å². The summed E-state index contributed by atoms with van der Waals surface area (Å²) in [6.07, 6.45) is 5.22. The normalized spacial score (nSPS) is 14.6. The van der Waals surface area contributed by atoms with Gasteiger partial charge in [-0.1, -0.05) is 78.4 Å². The minimum atomic E-state index is -0.184. The highest BCUT2D eigenvalue weighted by Crippen LogP contribution is 2.38. The second-order valence-corrected chi connectivity index (χ2v) is 13.2. The van der Waals surface area contributed by atoms with E-state index in [1.807, 2.05) is 47.5 Å². The molecule has 258 valence electrons. The van der Waals surface area contributed by atoms with Crippen LogP contribution in [0, 0.1) is 6.92 Å². The van der Waals surface area contributed by atoms with Gasteiger partial charge >= 0.3 is 0 Å². The number of ketones is 1. The fraction of sp³-hybridized carbons (Fsp3) is 0.238. The summed E-state index contributed by atoms with van der Waals surface area (Å²) in [6, 6.07) is 29.6. The molecule has 0 spiro atoms. The number of nitrogens with zero attached hydrogens (tertiary/aromatic N) is 3. The highest BCUT2D eigenvalue weighted by atomic mass is 16.5. The minimum Gasteiger partial charge on any atom is -0.493 e. The van der Waals surface area contributed by atoms with Crippen molar-refractivity contribution in [2.45, 2.75) is 45.2 Å². The number of benzene rings is 4. The molecule has 51 heavy (non-hydrogen) atoms. The van der Waals surface area contributed by atoms with E-state index in [2.05, 4.69) is 53.6 Å². The smallest absolute Gasteiger partial charge is 0.257 e. The average Bonchev–Trinajstić information content (AvgIpc) is 3.45. The van der Waals surface area contributed by atoms with E-state index in [0.717, 1.165) is 22.3 Å². The maximum atomic E-state index is 13.6. The van der Waals surface area contributed by atoms with Crippen LogP contribution in [0.1, 0.15) is 55.9 Å². The molecule has 0 saturated carbocycles.